The summed E-state index contributed by atoms with van der Waals surface area (Å²) in [7, 11) is 0. The van der Waals surface area contributed by atoms with E-state index >= 15 is 0 Å². The first-order valence-electron chi connectivity index (χ1n) is 11.6. The lowest BCUT2D eigenvalue weighted by molar-refractivity contribution is -0.142. The SMILES string of the molecule is CC(C)O[C@H]1CCN(C(=O)C(CC(=O)O)NC(=O)OCC2c3ccccc3-c3ccccc32)C1. The Bertz CT molecular complexity index is 1020. The van der Waals surface area contributed by atoms with Gasteiger partial charge in [0.15, 0.2) is 0 Å². The molecule has 8 heteroatoms. The number of amides is 2. The third-order valence-electron chi connectivity index (χ3n) is 6.23. The van der Waals surface area contributed by atoms with Crippen LogP contribution in [0.4, 0.5) is 4.79 Å². The number of likely N-dealkylation sites (tertiary alicyclic amines) is 1. The minimum Gasteiger partial charge on any atom is -0.481 e. The number of aliphatic carboxylic acids is 1. The van der Waals surface area contributed by atoms with Crippen LogP contribution in [0.5, 0.6) is 0 Å². The highest BCUT2D eigenvalue weighted by atomic mass is 16.5. The van der Waals surface area contributed by atoms with E-state index in [9.17, 15) is 19.5 Å². The number of carbonyl (C=O) groups excluding carboxylic acids is 2. The fraction of sp³-hybridized carbons (Fsp3) is 0.423. The van der Waals surface area contributed by atoms with E-state index in [2.05, 4.69) is 5.32 Å². The van der Waals surface area contributed by atoms with Crippen LogP contribution in [-0.4, -0.2) is 65.9 Å². The summed E-state index contributed by atoms with van der Waals surface area (Å²) in [5.41, 5.74) is 4.36. The molecule has 0 saturated carbocycles. The van der Waals surface area contributed by atoms with Gasteiger partial charge in [0.2, 0.25) is 5.91 Å². The van der Waals surface area contributed by atoms with Gasteiger partial charge in [-0.2, -0.15) is 0 Å². The highest BCUT2D eigenvalue weighted by Gasteiger charge is 2.34. The molecule has 1 aliphatic carbocycles. The van der Waals surface area contributed by atoms with Gasteiger partial charge < -0.3 is 24.8 Å². The van der Waals surface area contributed by atoms with Crippen molar-refractivity contribution in [3.63, 3.8) is 0 Å². The molecule has 0 bridgehead atoms. The zero-order valence-corrected chi connectivity index (χ0v) is 19.4. The van der Waals surface area contributed by atoms with Crippen molar-refractivity contribution in [1.29, 1.82) is 0 Å². The maximum Gasteiger partial charge on any atom is 0.407 e. The second kappa shape index (κ2) is 10.3. The molecule has 2 atom stereocenters. The molecular formula is C26H30N2O6. The number of ether oxygens (including phenoxy) is 2. The molecule has 1 saturated heterocycles. The molecule has 2 aliphatic rings. The fourth-order valence-corrected chi connectivity index (χ4v) is 4.80. The molecule has 180 valence electrons. The summed E-state index contributed by atoms with van der Waals surface area (Å²) in [5.74, 6) is -1.74. The molecule has 1 aliphatic heterocycles. The molecule has 0 radical (unpaired) electrons. The normalized spacial score (nSPS) is 17.9. The van der Waals surface area contributed by atoms with Crippen molar-refractivity contribution in [1.82, 2.24) is 10.2 Å². The largest absolute Gasteiger partial charge is 0.481 e. The molecule has 1 heterocycles. The van der Waals surface area contributed by atoms with Crippen LogP contribution < -0.4 is 5.32 Å². The Morgan fingerprint density at radius 3 is 2.26 bits per heavy atom. The first-order chi connectivity index (χ1) is 16.3. The lowest BCUT2D eigenvalue weighted by atomic mass is 9.98. The predicted molar refractivity (Wildman–Crippen MR) is 125 cm³/mol. The van der Waals surface area contributed by atoms with Gasteiger partial charge in [0, 0.05) is 19.0 Å². The fourth-order valence-electron chi connectivity index (χ4n) is 4.80. The van der Waals surface area contributed by atoms with Crippen molar-refractivity contribution in [2.75, 3.05) is 19.7 Å². The van der Waals surface area contributed by atoms with Gasteiger partial charge in [-0.05, 0) is 42.5 Å². The smallest absolute Gasteiger partial charge is 0.407 e. The van der Waals surface area contributed by atoms with Gasteiger partial charge in [-0.15, -0.1) is 0 Å². The van der Waals surface area contributed by atoms with Gasteiger partial charge in [-0.25, -0.2) is 4.79 Å². The van der Waals surface area contributed by atoms with Crippen LogP contribution >= 0.6 is 0 Å². The van der Waals surface area contributed by atoms with Crippen LogP contribution in [0, 0.1) is 0 Å². The van der Waals surface area contributed by atoms with E-state index in [4.69, 9.17) is 9.47 Å². The summed E-state index contributed by atoms with van der Waals surface area (Å²) in [6, 6.07) is 14.8. The summed E-state index contributed by atoms with van der Waals surface area (Å²) >= 11 is 0. The van der Waals surface area contributed by atoms with Crippen molar-refractivity contribution in [3.05, 3.63) is 59.7 Å². The van der Waals surface area contributed by atoms with Crippen LogP contribution in [-0.2, 0) is 19.1 Å². The first-order valence-corrected chi connectivity index (χ1v) is 11.6. The molecule has 4 rings (SSSR count). The molecule has 0 spiro atoms. The van der Waals surface area contributed by atoms with Gasteiger partial charge in [0.05, 0.1) is 18.6 Å². The minimum absolute atomic E-state index is 0.0359. The molecule has 2 aromatic carbocycles. The lowest BCUT2D eigenvalue weighted by Crippen LogP contribution is -2.49. The second-order valence-corrected chi connectivity index (χ2v) is 9.00. The van der Waals surface area contributed by atoms with Crippen molar-refractivity contribution in [2.24, 2.45) is 0 Å². The highest BCUT2D eigenvalue weighted by Crippen LogP contribution is 2.44. The van der Waals surface area contributed by atoms with Crippen molar-refractivity contribution in [2.45, 2.75) is 50.9 Å². The molecule has 34 heavy (non-hydrogen) atoms. The topological polar surface area (TPSA) is 105 Å². The summed E-state index contributed by atoms with van der Waals surface area (Å²) in [5, 5.41) is 11.8. The molecule has 8 nitrogen and oxygen atoms in total. The van der Waals surface area contributed by atoms with E-state index in [0.29, 0.717) is 19.5 Å². The molecule has 2 N–H and O–H groups in total. The maximum atomic E-state index is 13.0. The number of hydrogen-bond acceptors (Lipinski definition) is 5. The number of carboxylic acids is 1. The predicted octanol–water partition coefficient (Wildman–Crippen LogP) is 3.39. The number of alkyl carbamates (subject to hydrolysis) is 1. The van der Waals surface area contributed by atoms with Gasteiger partial charge in [0.25, 0.3) is 0 Å². The van der Waals surface area contributed by atoms with Gasteiger partial charge in [-0.3, -0.25) is 9.59 Å². The number of rotatable bonds is 8. The molecule has 2 aromatic rings. The third kappa shape index (κ3) is 5.22. The molecule has 1 fully saturated rings. The number of hydrogen-bond donors (Lipinski definition) is 2. The Morgan fingerprint density at radius 2 is 1.68 bits per heavy atom. The lowest BCUT2D eigenvalue weighted by Gasteiger charge is -2.24. The number of carbonyl (C=O) groups is 3. The first kappa shape index (κ1) is 23.8. The minimum atomic E-state index is -1.20. The van der Waals surface area contributed by atoms with Gasteiger partial charge >= 0.3 is 12.1 Å². The molecule has 0 aromatic heterocycles. The van der Waals surface area contributed by atoms with Crippen LogP contribution in [0.25, 0.3) is 11.1 Å². The summed E-state index contributed by atoms with van der Waals surface area (Å²) in [6.45, 7) is 4.77. The quantitative estimate of drug-likeness (QED) is 0.618. The Hall–Kier alpha value is -3.39. The highest BCUT2D eigenvalue weighted by molar-refractivity contribution is 5.89. The van der Waals surface area contributed by atoms with Crippen LogP contribution in [0.15, 0.2) is 48.5 Å². The monoisotopic (exact) mass is 466 g/mol. The van der Waals surface area contributed by atoms with Gasteiger partial charge in [-0.1, -0.05) is 48.5 Å². The number of fused-ring (bicyclic) bond motifs is 3. The zero-order chi connectivity index (χ0) is 24.2. The summed E-state index contributed by atoms with van der Waals surface area (Å²) in [4.78, 5) is 38.5. The van der Waals surface area contributed by atoms with E-state index in [-0.39, 0.29) is 24.7 Å². The van der Waals surface area contributed by atoms with E-state index in [1.165, 1.54) is 0 Å². The molecular weight excluding hydrogens is 436 g/mol. The van der Waals surface area contributed by atoms with Crippen LogP contribution in [0.3, 0.4) is 0 Å². The number of nitrogens with one attached hydrogen (secondary N) is 1. The Labute approximate surface area is 198 Å². The van der Waals surface area contributed by atoms with E-state index in [0.717, 1.165) is 22.3 Å². The Kier molecular flexibility index (Phi) is 7.17. The Balaban J connectivity index is 1.39. The van der Waals surface area contributed by atoms with Crippen molar-refractivity contribution in [3.8, 4) is 11.1 Å². The third-order valence-corrected chi connectivity index (χ3v) is 6.23. The Morgan fingerprint density at radius 1 is 1.06 bits per heavy atom. The van der Waals surface area contributed by atoms with Crippen LogP contribution in [0.2, 0.25) is 0 Å². The number of carboxylic acid groups (broad SMARTS) is 1. The maximum absolute atomic E-state index is 13.0. The standard InChI is InChI=1S/C26H30N2O6/c1-16(2)34-17-11-12-28(14-17)25(31)23(13-24(29)30)27-26(32)33-15-22-20-9-5-3-7-18(20)19-8-4-6-10-21(19)22/h3-10,16-17,22-23H,11-15H2,1-2H3,(H,27,32)(H,29,30)/t17-,23?/m0/s1. The van der Waals surface area contributed by atoms with Crippen molar-refractivity contribution < 1.29 is 29.0 Å². The average Bonchev–Trinajstić information content (AvgIpc) is 3.38. The van der Waals surface area contributed by atoms with E-state index < -0.39 is 30.4 Å². The van der Waals surface area contributed by atoms with Crippen molar-refractivity contribution >= 4 is 18.0 Å². The average molecular weight is 467 g/mol. The number of nitrogens with zero attached hydrogens (tertiary/aromatic N) is 1. The van der Waals surface area contributed by atoms with E-state index in [1.807, 2.05) is 62.4 Å². The second-order valence-electron chi connectivity index (χ2n) is 9.00. The number of benzene rings is 2. The summed E-state index contributed by atoms with van der Waals surface area (Å²) < 4.78 is 11.3. The van der Waals surface area contributed by atoms with Crippen LogP contribution in [0.1, 0.15) is 43.7 Å². The van der Waals surface area contributed by atoms with E-state index in [1.54, 1.807) is 4.90 Å². The molecule has 1 unspecified atom stereocenters. The zero-order valence-electron chi connectivity index (χ0n) is 19.4. The molecule has 2 amide bonds. The summed E-state index contributed by atoms with van der Waals surface area (Å²) in [6.07, 6.45) is -0.711. The van der Waals surface area contributed by atoms with Gasteiger partial charge in [0.1, 0.15) is 12.6 Å².